The van der Waals surface area contributed by atoms with E-state index >= 15 is 0 Å². The summed E-state index contributed by atoms with van der Waals surface area (Å²) in [4.78, 5) is 40.1. The van der Waals surface area contributed by atoms with Crippen molar-refractivity contribution >= 4 is 40.9 Å². The summed E-state index contributed by atoms with van der Waals surface area (Å²) in [6.07, 6.45) is 2.93. The van der Waals surface area contributed by atoms with Gasteiger partial charge >= 0.3 is 0 Å². The molecule has 0 aliphatic heterocycles. The second kappa shape index (κ2) is 14.1. The molecule has 0 spiro atoms. The quantitative estimate of drug-likeness (QED) is 0.264. The van der Waals surface area contributed by atoms with E-state index in [4.69, 9.17) is 5.73 Å². The minimum absolute atomic E-state index is 0. The molecule has 2 atom stereocenters. The number of halogens is 1. The van der Waals surface area contributed by atoms with E-state index in [0.717, 1.165) is 35.6 Å². The van der Waals surface area contributed by atoms with Crippen LogP contribution in [0.15, 0.2) is 72.8 Å². The van der Waals surface area contributed by atoms with Crippen molar-refractivity contribution in [2.75, 3.05) is 13.1 Å². The maximum absolute atomic E-state index is 13.8. The smallest absolute Gasteiger partial charge is 0.252 e. The Morgan fingerprint density at radius 3 is 2.26 bits per heavy atom. The van der Waals surface area contributed by atoms with Gasteiger partial charge in [0.2, 0.25) is 11.8 Å². The third-order valence-corrected chi connectivity index (χ3v) is 7.19. The summed E-state index contributed by atoms with van der Waals surface area (Å²) in [7, 11) is 0. The van der Waals surface area contributed by atoms with Gasteiger partial charge in [0.1, 0.15) is 11.6 Å². The average Bonchev–Trinajstić information content (AvgIpc) is 2.96. The van der Waals surface area contributed by atoms with Gasteiger partial charge in [-0.1, -0.05) is 79.9 Å². The van der Waals surface area contributed by atoms with Crippen molar-refractivity contribution in [2.24, 2.45) is 5.73 Å². The van der Waals surface area contributed by atoms with E-state index in [0.29, 0.717) is 18.4 Å². The van der Waals surface area contributed by atoms with Crippen molar-refractivity contribution in [3.8, 4) is 0 Å². The Kier molecular flexibility index (Phi) is 10.9. The predicted molar refractivity (Wildman–Crippen MR) is 155 cm³/mol. The molecule has 1 aliphatic carbocycles. The molecule has 4 rings (SSSR count). The predicted octanol–water partition coefficient (Wildman–Crippen LogP) is 2.86. The van der Waals surface area contributed by atoms with Crippen LogP contribution in [0.2, 0.25) is 0 Å². The minimum Gasteiger partial charge on any atom is -0.390 e. The number of carbonyl (C=O) groups excluding carboxylic acids is 3. The molecule has 39 heavy (non-hydrogen) atoms. The number of aliphatic hydroxyl groups is 1. The SMILES string of the molecule is Cl.NCC(O)CNC(=O)C(Cc1ccc2ccccc2c1)NC(=O)C1(NC(=O)c2ccccc2)CCCCC1. The molecule has 3 aromatic carbocycles. The fourth-order valence-electron chi connectivity index (χ4n) is 4.98. The van der Waals surface area contributed by atoms with Crippen molar-refractivity contribution < 1.29 is 19.5 Å². The molecule has 6 N–H and O–H groups in total. The first kappa shape index (κ1) is 30.1. The summed E-state index contributed by atoms with van der Waals surface area (Å²) in [6, 6.07) is 21.8. The highest BCUT2D eigenvalue weighted by Crippen LogP contribution is 2.29. The Labute approximate surface area is 235 Å². The van der Waals surface area contributed by atoms with E-state index in [1.54, 1.807) is 24.3 Å². The summed E-state index contributed by atoms with van der Waals surface area (Å²) in [6.45, 7) is -0.00802. The third kappa shape index (κ3) is 7.79. The summed E-state index contributed by atoms with van der Waals surface area (Å²) < 4.78 is 0. The van der Waals surface area contributed by atoms with Crippen molar-refractivity contribution in [1.29, 1.82) is 0 Å². The molecule has 208 valence electrons. The molecule has 9 heteroatoms. The van der Waals surface area contributed by atoms with Crippen LogP contribution in [0.3, 0.4) is 0 Å². The Morgan fingerprint density at radius 1 is 0.897 bits per heavy atom. The standard InChI is InChI=1S/C30H36N4O4.ClH/c31-19-25(35)20-32-28(37)26(18-21-13-14-22-9-5-6-12-24(22)17-21)33-29(38)30(15-7-2-8-16-30)34-27(36)23-10-3-1-4-11-23;/h1,3-6,9-14,17,25-26,35H,2,7-8,15-16,18-20,31H2,(H,32,37)(H,33,38)(H,34,36);1H. The second-order valence-electron chi connectivity index (χ2n) is 10.0. The summed E-state index contributed by atoms with van der Waals surface area (Å²) >= 11 is 0. The van der Waals surface area contributed by atoms with Gasteiger partial charge < -0.3 is 26.8 Å². The van der Waals surface area contributed by atoms with Crippen molar-refractivity contribution in [1.82, 2.24) is 16.0 Å². The first-order chi connectivity index (χ1) is 18.4. The average molecular weight is 553 g/mol. The number of aliphatic hydroxyl groups excluding tert-OH is 1. The first-order valence-corrected chi connectivity index (χ1v) is 13.2. The Balaban J connectivity index is 0.00000420. The number of hydrogen-bond acceptors (Lipinski definition) is 5. The van der Waals surface area contributed by atoms with Crippen LogP contribution in [0.5, 0.6) is 0 Å². The number of nitrogens with one attached hydrogen (secondary N) is 3. The lowest BCUT2D eigenvalue weighted by Crippen LogP contribution is -2.63. The van der Waals surface area contributed by atoms with E-state index in [1.807, 2.05) is 48.5 Å². The topological polar surface area (TPSA) is 134 Å². The van der Waals surface area contributed by atoms with Gasteiger partial charge in [-0.15, -0.1) is 12.4 Å². The number of fused-ring (bicyclic) bond motifs is 1. The van der Waals surface area contributed by atoms with Crippen LogP contribution in [0, 0.1) is 0 Å². The van der Waals surface area contributed by atoms with E-state index in [-0.39, 0.29) is 43.7 Å². The molecule has 2 unspecified atom stereocenters. The van der Waals surface area contributed by atoms with Gasteiger partial charge in [-0.05, 0) is 41.3 Å². The molecule has 0 saturated heterocycles. The number of nitrogens with two attached hydrogens (primary N) is 1. The van der Waals surface area contributed by atoms with Crippen molar-refractivity contribution in [2.45, 2.75) is 56.2 Å². The van der Waals surface area contributed by atoms with E-state index in [1.165, 1.54) is 0 Å². The lowest BCUT2D eigenvalue weighted by molar-refractivity contribution is -0.133. The van der Waals surface area contributed by atoms with Crippen LogP contribution in [0.1, 0.15) is 48.0 Å². The van der Waals surface area contributed by atoms with E-state index in [2.05, 4.69) is 16.0 Å². The number of carbonyl (C=O) groups is 3. The van der Waals surface area contributed by atoms with Gasteiger partial charge in [-0.25, -0.2) is 0 Å². The summed E-state index contributed by atoms with van der Waals surface area (Å²) in [5.74, 6) is -1.11. The minimum atomic E-state index is -1.11. The fourth-order valence-corrected chi connectivity index (χ4v) is 4.98. The van der Waals surface area contributed by atoms with Gasteiger partial charge in [0.25, 0.3) is 5.91 Å². The molecule has 8 nitrogen and oxygen atoms in total. The molecule has 0 heterocycles. The zero-order valence-electron chi connectivity index (χ0n) is 21.9. The zero-order chi connectivity index (χ0) is 27.0. The Morgan fingerprint density at radius 2 is 1.56 bits per heavy atom. The third-order valence-electron chi connectivity index (χ3n) is 7.19. The highest BCUT2D eigenvalue weighted by Gasteiger charge is 2.42. The Bertz CT molecular complexity index is 1260. The highest BCUT2D eigenvalue weighted by atomic mass is 35.5. The van der Waals surface area contributed by atoms with Gasteiger partial charge in [0.05, 0.1) is 6.10 Å². The first-order valence-electron chi connectivity index (χ1n) is 13.2. The molecule has 3 aromatic rings. The van der Waals surface area contributed by atoms with Crippen LogP contribution in [-0.2, 0) is 16.0 Å². The molecular weight excluding hydrogens is 516 g/mol. The second-order valence-corrected chi connectivity index (χ2v) is 10.0. The molecule has 3 amide bonds. The fraction of sp³-hybridized carbons (Fsp3) is 0.367. The largest absolute Gasteiger partial charge is 0.390 e. The van der Waals surface area contributed by atoms with Crippen LogP contribution in [-0.4, -0.2) is 53.6 Å². The van der Waals surface area contributed by atoms with Gasteiger partial charge in [0, 0.05) is 25.1 Å². The number of amides is 3. The van der Waals surface area contributed by atoms with Crippen LogP contribution in [0.25, 0.3) is 10.8 Å². The number of benzene rings is 3. The molecule has 0 aromatic heterocycles. The number of hydrogen-bond donors (Lipinski definition) is 5. The van der Waals surface area contributed by atoms with Crippen LogP contribution < -0.4 is 21.7 Å². The maximum Gasteiger partial charge on any atom is 0.252 e. The van der Waals surface area contributed by atoms with E-state index in [9.17, 15) is 19.5 Å². The molecule has 1 fully saturated rings. The molecule has 1 aliphatic rings. The number of rotatable bonds is 10. The maximum atomic E-state index is 13.8. The van der Waals surface area contributed by atoms with Crippen molar-refractivity contribution in [3.05, 3.63) is 83.9 Å². The van der Waals surface area contributed by atoms with E-state index < -0.39 is 23.6 Å². The van der Waals surface area contributed by atoms with Gasteiger partial charge in [0.15, 0.2) is 0 Å². The lowest BCUT2D eigenvalue weighted by atomic mass is 9.80. The Hall–Kier alpha value is -3.46. The lowest BCUT2D eigenvalue weighted by Gasteiger charge is -2.37. The molecular formula is C30H37ClN4O4. The van der Waals surface area contributed by atoms with Crippen molar-refractivity contribution in [3.63, 3.8) is 0 Å². The summed E-state index contributed by atoms with van der Waals surface area (Å²) in [5, 5.41) is 20.6. The summed E-state index contributed by atoms with van der Waals surface area (Å²) in [5.41, 5.74) is 5.74. The zero-order valence-corrected chi connectivity index (χ0v) is 22.7. The molecule has 0 radical (unpaired) electrons. The highest BCUT2D eigenvalue weighted by molar-refractivity contribution is 6.00. The van der Waals surface area contributed by atoms with Crippen LogP contribution >= 0.6 is 12.4 Å². The monoisotopic (exact) mass is 552 g/mol. The van der Waals surface area contributed by atoms with Crippen LogP contribution in [0.4, 0.5) is 0 Å². The normalized spacial score (nSPS) is 15.8. The molecule has 1 saturated carbocycles. The molecule has 0 bridgehead atoms. The van der Waals surface area contributed by atoms with Gasteiger partial charge in [-0.3, -0.25) is 14.4 Å². The van der Waals surface area contributed by atoms with Gasteiger partial charge in [-0.2, -0.15) is 0 Å².